The van der Waals surface area contributed by atoms with Crippen LogP contribution in [0.25, 0.3) is 0 Å². The van der Waals surface area contributed by atoms with Crippen molar-refractivity contribution in [3.63, 3.8) is 0 Å². The monoisotopic (exact) mass is 275 g/mol. The lowest BCUT2D eigenvalue weighted by Crippen LogP contribution is -2.20. The van der Waals surface area contributed by atoms with Gasteiger partial charge in [0.25, 0.3) is 0 Å². The molecule has 0 saturated heterocycles. The Morgan fingerprint density at radius 3 is 2.50 bits per heavy atom. The third-order valence-corrected chi connectivity index (χ3v) is 3.15. The van der Waals surface area contributed by atoms with Crippen molar-refractivity contribution in [3.8, 4) is 5.75 Å². The lowest BCUT2D eigenvalue weighted by Gasteiger charge is -2.20. The molecule has 0 aliphatic carbocycles. The van der Waals surface area contributed by atoms with Crippen molar-refractivity contribution < 1.29 is 9.84 Å². The number of nitrogens with zero attached hydrogens (tertiary/aromatic N) is 3. The standard InChI is InChI=1S/C15H21N3O2/c1-17(2)10-11-20-15(14-8-9-16-18(14)3)12-4-6-13(19)7-5-12/h4-9,15,19H,10-11H2,1-3H3. The molecule has 0 amide bonds. The van der Waals surface area contributed by atoms with E-state index in [4.69, 9.17) is 4.74 Å². The van der Waals surface area contributed by atoms with E-state index in [1.54, 1.807) is 18.3 Å². The summed E-state index contributed by atoms with van der Waals surface area (Å²) in [7, 11) is 5.93. The van der Waals surface area contributed by atoms with E-state index in [0.717, 1.165) is 17.8 Å². The van der Waals surface area contributed by atoms with E-state index in [1.165, 1.54) is 0 Å². The molecule has 2 aromatic rings. The van der Waals surface area contributed by atoms with Crippen molar-refractivity contribution >= 4 is 0 Å². The lowest BCUT2D eigenvalue weighted by molar-refractivity contribution is 0.0638. The van der Waals surface area contributed by atoms with Gasteiger partial charge in [0.2, 0.25) is 0 Å². The Morgan fingerprint density at radius 2 is 1.95 bits per heavy atom. The van der Waals surface area contributed by atoms with Crippen LogP contribution in [0.15, 0.2) is 36.5 Å². The van der Waals surface area contributed by atoms with Crippen LogP contribution in [0, 0.1) is 0 Å². The van der Waals surface area contributed by atoms with Crippen LogP contribution in [-0.2, 0) is 11.8 Å². The van der Waals surface area contributed by atoms with E-state index in [-0.39, 0.29) is 11.9 Å². The van der Waals surface area contributed by atoms with Gasteiger partial charge in [0, 0.05) is 19.8 Å². The van der Waals surface area contributed by atoms with Gasteiger partial charge in [0.15, 0.2) is 0 Å². The number of phenols is 1. The van der Waals surface area contributed by atoms with Crippen molar-refractivity contribution in [1.82, 2.24) is 14.7 Å². The molecular weight excluding hydrogens is 254 g/mol. The van der Waals surface area contributed by atoms with E-state index in [2.05, 4.69) is 10.00 Å². The average Bonchev–Trinajstić information content (AvgIpc) is 2.82. The summed E-state index contributed by atoms with van der Waals surface area (Å²) in [5.74, 6) is 0.255. The number of aromatic hydroxyl groups is 1. The van der Waals surface area contributed by atoms with Crippen LogP contribution in [0.3, 0.4) is 0 Å². The van der Waals surface area contributed by atoms with Gasteiger partial charge in [-0.1, -0.05) is 12.1 Å². The van der Waals surface area contributed by atoms with E-state index < -0.39 is 0 Å². The molecule has 0 aliphatic heterocycles. The Labute approximate surface area is 119 Å². The first-order valence-electron chi connectivity index (χ1n) is 6.61. The number of rotatable bonds is 6. The fourth-order valence-corrected chi connectivity index (χ4v) is 2.00. The molecule has 0 fully saturated rings. The second kappa shape index (κ2) is 6.54. The molecule has 108 valence electrons. The predicted molar refractivity (Wildman–Crippen MR) is 77.7 cm³/mol. The number of aryl methyl sites for hydroxylation is 1. The largest absolute Gasteiger partial charge is 0.508 e. The summed E-state index contributed by atoms with van der Waals surface area (Å²) >= 11 is 0. The predicted octanol–water partition coefficient (Wildman–Crippen LogP) is 1.79. The fourth-order valence-electron chi connectivity index (χ4n) is 2.00. The molecule has 5 nitrogen and oxygen atoms in total. The summed E-state index contributed by atoms with van der Waals surface area (Å²) in [6.07, 6.45) is 1.58. The van der Waals surface area contributed by atoms with Gasteiger partial charge < -0.3 is 14.7 Å². The smallest absolute Gasteiger partial charge is 0.124 e. The van der Waals surface area contributed by atoms with Crippen LogP contribution in [0.2, 0.25) is 0 Å². The first-order chi connectivity index (χ1) is 9.58. The molecule has 20 heavy (non-hydrogen) atoms. The normalized spacial score (nSPS) is 12.8. The zero-order chi connectivity index (χ0) is 14.5. The number of phenolic OH excluding ortho intramolecular Hbond substituents is 1. The number of hydrogen-bond acceptors (Lipinski definition) is 4. The minimum absolute atomic E-state index is 0.178. The van der Waals surface area contributed by atoms with Gasteiger partial charge in [-0.15, -0.1) is 0 Å². The second-order valence-electron chi connectivity index (χ2n) is 5.03. The number of ether oxygens (including phenoxy) is 1. The van der Waals surface area contributed by atoms with E-state index in [9.17, 15) is 5.11 Å². The zero-order valence-electron chi connectivity index (χ0n) is 12.2. The average molecular weight is 275 g/mol. The quantitative estimate of drug-likeness (QED) is 0.873. The summed E-state index contributed by atoms with van der Waals surface area (Å²) in [6.45, 7) is 1.48. The molecule has 2 rings (SSSR count). The van der Waals surface area contributed by atoms with Gasteiger partial charge in [-0.05, 0) is 37.9 Å². The topological polar surface area (TPSA) is 50.5 Å². The fraction of sp³-hybridized carbons (Fsp3) is 0.400. The Bertz CT molecular complexity index is 534. The summed E-state index contributed by atoms with van der Waals surface area (Å²) < 4.78 is 7.83. The van der Waals surface area contributed by atoms with Crippen LogP contribution in [0.5, 0.6) is 5.75 Å². The second-order valence-corrected chi connectivity index (χ2v) is 5.03. The molecule has 0 saturated carbocycles. The molecule has 1 atom stereocenters. The van der Waals surface area contributed by atoms with Crippen LogP contribution < -0.4 is 0 Å². The number of hydrogen-bond donors (Lipinski definition) is 1. The Morgan fingerprint density at radius 1 is 1.25 bits per heavy atom. The van der Waals surface area contributed by atoms with Crippen LogP contribution in [0.4, 0.5) is 0 Å². The van der Waals surface area contributed by atoms with Crippen molar-refractivity contribution in [2.24, 2.45) is 7.05 Å². The Balaban J connectivity index is 2.20. The molecule has 1 heterocycles. The van der Waals surface area contributed by atoms with Crippen molar-refractivity contribution in [2.75, 3.05) is 27.2 Å². The molecule has 1 aromatic heterocycles. The zero-order valence-corrected chi connectivity index (χ0v) is 12.2. The molecule has 0 bridgehead atoms. The van der Waals surface area contributed by atoms with Crippen molar-refractivity contribution in [2.45, 2.75) is 6.10 Å². The van der Waals surface area contributed by atoms with Crippen molar-refractivity contribution in [3.05, 3.63) is 47.8 Å². The van der Waals surface area contributed by atoms with E-state index in [1.807, 2.05) is 44.0 Å². The van der Waals surface area contributed by atoms with Crippen LogP contribution >= 0.6 is 0 Å². The molecule has 0 spiro atoms. The van der Waals surface area contributed by atoms with Gasteiger partial charge in [-0.3, -0.25) is 4.68 Å². The summed E-state index contributed by atoms with van der Waals surface area (Å²) in [4.78, 5) is 2.08. The lowest BCUT2D eigenvalue weighted by atomic mass is 10.1. The maximum atomic E-state index is 9.41. The van der Waals surface area contributed by atoms with Gasteiger partial charge in [0.05, 0.1) is 12.3 Å². The first-order valence-corrected chi connectivity index (χ1v) is 6.61. The minimum atomic E-state index is -0.178. The Kier molecular flexibility index (Phi) is 4.76. The van der Waals surface area contributed by atoms with Gasteiger partial charge >= 0.3 is 0 Å². The highest BCUT2D eigenvalue weighted by Gasteiger charge is 2.18. The number of aromatic nitrogens is 2. The molecule has 5 heteroatoms. The van der Waals surface area contributed by atoms with Gasteiger partial charge in [-0.2, -0.15) is 5.10 Å². The molecule has 0 radical (unpaired) electrons. The highest BCUT2D eigenvalue weighted by molar-refractivity contribution is 5.31. The third kappa shape index (κ3) is 3.59. The number of likely N-dealkylation sites (N-methyl/N-ethyl adjacent to an activating group) is 1. The van der Waals surface area contributed by atoms with Crippen LogP contribution in [0.1, 0.15) is 17.4 Å². The molecule has 1 unspecified atom stereocenters. The first kappa shape index (κ1) is 14.6. The molecule has 0 aliphatic rings. The highest BCUT2D eigenvalue weighted by atomic mass is 16.5. The summed E-state index contributed by atoms with van der Waals surface area (Å²) in [5.41, 5.74) is 2.00. The number of benzene rings is 1. The van der Waals surface area contributed by atoms with E-state index in [0.29, 0.717) is 6.61 Å². The molecular formula is C15H21N3O2. The molecule has 1 aromatic carbocycles. The Hall–Kier alpha value is -1.85. The maximum Gasteiger partial charge on any atom is 0.124 e. The van der Waals surface area contributed by atoms with Crippen molar-refractivity contribution in [1.29, 1.82) is 0 Å². The SMILES string of the molecule is CN(C)CCOC(c1ccc(O)cc1)c1ccnn1C. The third-order valence-electron chi connectivity index (χ3n) is 3.15. The van der Waals surface area contributed by atoms with Gasteiger partial charge in [0.1, 0.15) is 11.9 Å². The van der Waals surface area contributed by atoms with E-state index >= 15 is 0 Å². The minimum Gasteiger partial charge on any atom is -0.508 e. The maximum absolute atomic E-state index is 9.41. The van der Waals surface area contributed by atoms with Gasteiger partial charge in [-0.25, -0.2) is 0 Å². The molecule has 1 N–H and O–H groups in total. The highest BCUT2D eigenvalue weighted by Crippen LogP contribution is 2.26. The van der Waals surface area contributed by atoms with Crippen LogP contribution in [-0.4, -0.2) is 47.0 Å². The summed E-state index contributed by atoms with van der Waals surface area (Å²) in [5, 5.41) is 13.6. The summed E-state index contributed by atoms with van der Waals surface area (Å²) in [6, 6.07) is 9.06.